The summed E-state index contributed by atoms with van der Waals surface area (Å²) in [6.45, 7) is 5.16. The number of aromatic carboxylic acids is 1. The van der Waals surface area contributed by atoms with Crippen molar-refractivity contribution in [3.63, 3.8) is 0 Å². The minimum atomic E-state index is -1.16. The molecule has 1 aromatic carbocycles. The number of benzene rings is 1. The molecule has 3 aromatic heterocycles. The molecule has 1 saturated heterocycles. The van der Waals surface area contributed by atoms with Crippen molar-refractivity contribution in [1.82, 2.24) is 34.4 Å². The zero-order valence-corrected chi connectivity index (χ0v) is 19.5. The number of ether oxygens (including phenoxy) is 1. The quantitative estimate of drug-likeness (QED) is 0.422. The largest absolute Gasteiger partial charge is 0.476 e. The Labute approximate surface area is 200 Å². The normalized spacial score (nSPS) is 18.1. The van der Waals surface area contributed by atoms with E-state index in [0.29, 0.717) is 24.3 Å². The number of oxazole rings is 1. The number of imidazole rings is 1. The third kappa shape index (κ3) is 4.28. The fourth-order valence-electron chi connectivity index (χ4n) is 4.40. The Morgan fingerprint density at radius 3 is 2.83 bits per heavy atom. The molecular weight excluding hydrogens is 454 g/mol. The molecule has 182 valence electrons. The molecule has 1 N–H and O–H groups in total. The maximum atomic E-state index is 13.3. The van der Waals surface area contributed by atoms with Crippen molar-refractivity contribution >= 4 is 22.9 Å². The van der Waals surface area contributed by atoms with Crippen LogP contribution in [-0.2, 0) is 11.3 Å². The molecule has 1 aliphatic rings. The number of rotatable bonds is 7. The number of fused-ring (bicyclic) bond motifs is 1. The number of amides is 1. The van der Waals surface area contributed by atoms with Crippen LogP contribution < -0.4 is 0 Å². The summed E-state index contributed by atoms with van der Waals surface area (Å²) in [5, 5.41) is 17.4. The number of carboxylic acid groups (broad SMARTS) is 1. The lowest BCUT2D eigenvalue weighted by Gasteiger charge is -2.16. The highest BCUT2D eigenvalue weighted by atomic mass is 16.5. The average Bonchev–Trinajstić information content (AvgIpc) is 3.63. The van der Waals surface area contributed by atoms with E-state index in [2.05, 4.69) is 38.7 Å². The van der Waals surface area contributed by atoms with Crippen LogP contribution in [0.2, 0.25) is 0 Å². The van der Waals surface area contributed by atoms with Crippen LogP contribution in [0, 0.1) is 0 Å². The van der Waals surface area contributed by atoms with E-state index >= 15 is 0 Å². The Bertz CT molecular complexity index is 1390. The van der Waals surface area contributed by atoms with Gasteiger partial charge in [0.25, 0.3) is 5.91 Å². The molecule has 4 aromatic rings. The fourth-order valence-corrected chi connectivity index (χ4v) is 4.40. The van der Waals surface area contributed by atoms with Gasteiger partial charge in [-0.15, -0.1) is 5.10 Å². The molecule has 0 aliphatic carbocycles. The Kier molecular flexibility index (Phi) is 5.81. The Balaban J connectivity index is 1.31. The van der Waals surface area contributed by atoms with Crippen molar-refractivity contribution in [2.75, 3.05) is 20.2 Å². The van der Waals surface area contributed by atoms with Gasteiger partial charge in [-0.25, -0.2) is 19.4 Å². The third-order valence-corrected chi connectivity index (χ3v) is 6.24. The number of carbonyl (C=O) groups excluding carboxylic acids is 1. The molecule has 0 spiro atoms. The molecule has 12 nitrogen and oxygen atoms in total. The number of hydrogen-bond donors (Lipinski definition) is 1. The molecule has 0 bridgehead atoms. The van der Waals surface area contributed by atoms with Crippen LogP contribution in [0.15, 0.2) is 41.4 Å². The molecule has 5 rings (SSSR count). The number of carboxylic acids is 1. The van der Waals surface area contributed by atoms with Gasteiger partial charge in [0, 0.05) is 38.0 Å². The van der Waals surface area contributed by atoms with Crippen molar-refractivity contribution in [3.05, 3.63) is 59.8 Å². The zero-order valence-electron chi connectivity index (χ0n) is 19.5. The number of nitrogens with zero attached hydrogens (tertiary/aromatic N) is 7. The second kappa shape index (κ2) is 8.95. The maximum Gasteiger partial charge on any atom is 0.357 e. The standard InChI is InChI=1S/C23H25N7O5/c1-13(2)30-12-24-16-6-14(4-5-19(16)30)22(31)28-7-15(20(9-28)34-3)17-8-29(27-26-17)10-21-25-18(11-35-21)23(32)33/h4-6,8,11-13,15,20H,7,9-10H2,1-3H3,(H,32,33)/t15-,20+/m0/s1. The molecule has 12 heteroatoms. The van der Waals surface area contributed by atoms with E-state index in [1.807, 2.05) is 18.2 Å². The molecular formula is C23H25N7O5. The first kappa shape index (κ1) is 22.7. The van der Waals surface area contributed by atoms with Gasteiger partial charge in [-0.3, -0.25) is 4.79 Å². The van der Waals surface area contributed by atoms with Crippen molar-refractivity contribution < 1.29 is 23.8 Å². The summed E-state index contributed by atoms with van der Waals surface area (Å²) in [7, 11) is 1.61. The summed E-state index contributed by atoms with van der Waals surface area (Å²) in [6.07, 6.45) is 4.37. The minimum Gasteiger partial charge on any atom is -0.476 e. The topological polar surface area (TPSA) is 141 Å². The van der Waals surface area contributed by atoms with Gasteiger partial charge >= 0.3 is 5.97 Å². The molecule has 0 radical (unpaired) electrons. The van der Waals surface area contributed by atoms with Crippen LogP contribution >= 0.6 is 0 Å². The number of hydrogen-bond acceptors (Lipinski definition) is 8. The van der Waals surface area contributed by atoms with Gasteiger partial charge in [-0.1, -0.05) is 5.21 Å². The third-order valence-electron chi connectivity index (χ3n) is 6.24. The van der Waals surface area contributed by atoms with Crippen LogP contribution in [0.1, 0.15) is 58.2 Å². The second-order valence-corrected chi connectivity index (χ2v) is 8.81. The number of aromatic nitrogens is 6. The van der Waals surface area contributed by atoms with Crippen molar-refractivity contribution in [2.24, 2.45) is 0 Å². The van der Waals surface area contributed by atoms with Crippen LogP contribution in [0.4, 0.5) is 0 Å². The minimum absolute atomic E-state index is 0.0936. The highest BCUT2D eigenvalue weighted by molar-refractivity contribution is 5.97. The van der Waals surface area contributed by atoms with Gasteiger partial charge in [-0.2, -0.15) is 0 Å². The summed E-state index contributed by atoms with van der Waals surface area (Å²) in [5.41, 5.74) is 2.85. The average molecular weight is 479 g/mol. The van der Waals surface area contributed by atoms with E-state index in [0.717, 1.165) is 17.3 Å². The van der Waals surface area contributed by atoms with E-state index in [-0.39, 0.29) is 42.1 Å². The number of methoxy groups -OCH3 is 1. The first-order valence-electron chi connectivity index (χ1n) is 11.2. The summed E-state index contributed by atoms with van der Waals surface area (Å²) >= 11 is 0. The molecule has 1 amide bonds. The SMILES string of the molecule is CO[C@@H]1CN(C(=O)c2ccc3c(c2)ncn3C(C)C)C[C@H]1c1cn(Cc2nc(C(=O)O)co2)nn1. The highest BCUT2D eigenvalue weighted by Crippen LogP contribution is 2.30. The monoisotopic (exact) mass is 479 g/mol. The Morgan fingerprint density at radius 2 is 2.11 bits per heavy atom. The summed E-state index contributed by atoms with van der Waals surface area (Å²) in [5.74, 6) is -1.21. The van der Waals surface area contributed by atoms with Gasteiger partial charge in [0.2, 0.25) is 5.89 Å². The fraction of sp³-hybridized carbons (Fsp3) is 0.391. The lowest BCUT2D eigenvalue weighted by atomic mass is 10.0. The van der Waals surface area contributed by atoms with Crippen LogP contribution in [-0.4, -0.2) is 77.7 Å². The number of carbonyl (C=O) groups is 2. The van der Waals surface area contributed by atoms with Crippen molar-refractivity contribution in [2.45, 2.75) is 38.5 Å². The van der Waals surface area contributed by atoms with Gasteiger partial charge in [0.15, 0.2) is 5.69 Å². The van der Waals surface area contributed by atoms with Crippen LogP contribution in [0.3, 0.4) is 0 Å². The highest BCUT2D eigenvalue weighted by Gasteiger charge is 2.38. The van der Waals surface area contributed by atoms with Gasteiger partial charge in [0.05, 0.1) is 35.1 Å². The summed E-state index contributed by atoms with van der Waals surface area (Å²) in [4.78, 5) is 34.4. The molecule has 35 heavy (non-hydrogen) atoms. The first-order valence-corrected chi connectivity index (χ1v) is 11.2. The van der Waals surface area contributed by atoms with E-state index < -0.39 is 5.97 Å². The molecule has 0 unspecified atom stereocenters. The van der Waals surface area contributed by atoms with Gasteiger partial charge < -0.3 is 23.7 Å². The van der Waals surface area contributed by atoms with Crippen LogP contribution in [0.25, 0.3) is 11.0 Å². The Morgan fingerprint density at radius 1 is 1.29 bits per heavy atom. The molecule has 1 aliphatic heterocycles. The predicted octanol–water partition coefficient (Wildman–Crippen LogP) is 2.20. The van der Waals surface area contributed by atoms with Crippen LogP contribution in [0.5, 0.6) is 0 Å². The zero-order chi connectivity index (χ0) is 24.7. The van der Waals surface area contributed by atoms with Gasteiger partial charge in [0.1, 0.15) is 12.8 Å². The van der Waals surface area contributed by atoms with Crippen molar-refractivity contribution in [1.29, 1.82) is 0 Å². The van der Waals surface area contributed by atoms with E-state index in [1.165, 1.54) is 4.68 Å². The molecule has 4 heterocycles. The van der Waals surface area contributed by atoms with E-state index in [1.54, 1.807) is 24.5 Å². The van der Waals surface area contributed by atoms with Crippen molar-refractivity contribution in [3.8, 4) is 0 Å². The first-order chi connectivity index (χ1) is 16.8. The maximum absolute atomic E-state index is 13.3. The van der Waals surface area contributed by atoms with E-state index in [4.69, 9.17) is 14.3 Å². The lowest BCUT2D eigenvalue weighted by molar-refractivity contribution is 0.0688. The molecule has 1 fully saturated rings. The Hall–Kier alpha value is -4.06. The molecule has 2 atom stereocenters. The van der Waals surface area contributed by atoms with E-state index in [9.17, 15) is 9.59 Å². The second-order valence-electron chi connectivity index (χ2n) is 8.81. The molecule has 0 saturated carbocycles. The summed E-state index contributed by atoms with van der Waals surface area (Å²) in [6, 6.07) is 5.86. The smallest absolute Gasteiger partial charge is 0.357 e. The van der Waals surface area contributed by atoms with Gasteiger partial charge in [-0.05, 0) is 32.0 Å². The number of likely N-dealkylation sites (tertiary alicyclic amines) is 1. The summed E-state index contributed by atoms with van der Waals surface area (Å²) < 4.78 is 14.4. The predicted molar refractivity (Wildman–Crippen MR) is 122 cm³/mol. The lowest BCUT2D eigenvalue weighted by Crippen LogP contribution is -2.29.